The molecule has 0 aromatic carbocycles. The molecule has 0 spiro atoms. The lowest BCUT2D eigenvalue weighted by Gasteiger charge is -2.31. The maximum atomic E-state index is 12.4. The molecule has 27 heavy (non-hydrogen) atoms. The highest BCUT2D eigenvalue weighted by atomic mass is 32.2. The largest absolute Gasteiger partial charge is 0.467 e. The maximum Gasteiger partial charge on any atom is 0.233 e. The fourth-order valence-electron chi connectivity index (χ4n) is 3.71. The highest BCUT2D eigenvalue weighted by molar-refractivity contribution is 7.99. The lowest BCUT2D eigenvalue weighted by molar-refractivity contribution is -0.127. The number of nitrogens with zero attached hydrogens (tertiary/aromatic N) is 5. The van der Waals surface area contributed by atoms with Gasteiger partial charge in [0.2, 0.25) is 11.9 Å². The van der Waals surface area contributed by atoms with Gasteiger partial charge in [-0.2, -0.15) is 0 Å². The van der Waals surface area contributed by atoms with Gasteiger partial charge in [-0.05, 0) is 43.7 Å². The van der Waals surface area contributed by atoms with Crippen LogP contribution in [0.1, 0.15) is 38.4 Å². The Morgan fingerprint density at radius 2 is 2.00 bits per heavy atom. The summed E-state index contributed by atoms with van der Waals surface area (Å²) in [4.78, 5) is 16.7. The van der Waals surface area contributed by atoms with Crippen LogP contribution in [-0.4, -0.2) is 57.5 Å². The molecule has 0 saturated carbocycles. The van der Waals surface area contributed by atoms with Crippen molar-refractivity contribution in [3.63, 3.8) is 0 Å². The number of carbonyl (C=O) groups excluding carboxylic acids is 1. The fourth-order valence-corrected chi connectivity index (χ4v) is 4.55. The van der Waals surface area contributed by atoms with Gasteiger partial charge in [-0.1, -0.05) is 18.7 Å². The van der Waals surface area contributed by atoms with E-state index < -0.39 is 0 Å². The third-order valence-corrected chi connectivity index (χ3v) is 6.39. The number of anilines is 1. The van der Waals surface area contributed by atoms with Crippen LogP contribution in [0.25, 0.3) is 0 Å². The summed E-state index contributed by atoms with van der Waals surface area (Å²) in [6.07, 6.45) is 6.25. The first-order chi connectivity index (χ1) is 13.2. The molecule has 0 aliphatic carbocycles. The van der Waals surface area contributed by atoms with E-state index in [-0.39, 0.29) is 5.91 Å². The van der Waals surface area contributed by atoms with Gasteiger partial charge in [-0.25, -0.2) is 0 Å². The van der Waals surface area contributed by atoms with E-state index in [9.17, 15) is 4.79 Å². The van der Waals surface area contributed by atoms with E-state index >= 15 is 0 Å². The molecule has 0 radical (unpaired) electrons. The second-order valence-electron chi connectivity index (χ2n) is 7.49. The molecule has 8 heteroatoms. The average molecular weight is 390 g/mol. The summed E-state index contributed by atoms with van der Waals surface area (Å²) >= 11 is 1.48. The van der Waals surface area contributed by atoms with Crippen molar-refractivity contribution in [2.75, 3.05) is 36.8 Å². The Labute approximate surface area is 164 Å². The van der Waals surface area contributed by atoms with Gasteiger partial charge in [-0.3, -0.25) is 9.36 Å². The molecule has 2 aromatic heterocycles. The van der Waals surface area contributed by atoms with Crippen molar-refractivity contribution in [1.29, 1.82) is 0 Å². The van der Waals surface area contributed by atoms with E-state index in [1.165, 1.54) is 24.6 Å². The zero-order valence-electron chi connectivity index (χ0n) is 15.8. The van der Waals surface area contributed by atoms with Gasteiger partial charge in [0.25, 0.3) is 0 Å². The lowest BCUT2D eigenvalue weighted by atomic mass is 10.00. The molecule has 0 atom stereocenters. The average Bonchev–Trinajstić information content (AvgIpc) is 3.44. The predicted molar refractivity (Wildman–Crippen MR) is 105 cm³/mol. The molecule has 2 aliphatic rings. The molecule has 2 fully saturated rings. The standard InChI is InChI=1S/C19H27N5O2S/c1-15-6-10-23(11-7-15)18-20-21-19(24(18)13-16-5-4-12-26-16)27-14-17(25)22-8-2-3-9-22/h4-5,12,15H,2-3,6-11,13-14H2,1H3. The van der Waals surface area contributed by atoms with Gasteiger partial charge in [0.15, 0.2) is 5.16 Å². The second-order valence-corrected chi connectivity index (χ2v) is 8.44. The van der Waals surface area contributed by atoms with Crippen molar-refractivity contribution in [3.8, 4) is 0 Å². The Hall–Kier alpha value is -1.96. The van der Waals surface area contributed by atoms with Gasteiger partial charge in [0.1, 0.15) is 5.76 Å². The van der Waals surface area contributed by atoms with Crippen molar-refractivity contribution in [3.05, 3.63) is 24.2 Å². The number of hydrogen-bond donors (Lipinski definition) is 0. The van der Waals surface area contributed by atoms with Crippen LogP contribution in [0.5, 0.6) is 0 Å². The number of aromatic nitrogens is 3. The molecule has 1 amide bonds. The third-order valence-electron chi connectivity index (χ3n) is 5.44. The zero-order chi connectivity index (χ0) is 18.6. The van der Waals surface area contributed by atoms with Crippen LogP contribution < -0.4 is 4.90 Å². The van der Waals surface area contributed by atoms with Gasteiger partial charge in [0, 0.05) is 26.2 Å². The molecule has 0 unspecified atom stereocenters. The first-order valence-corrected chi connectivity index (χ1v) is 10.8. The predicted octanol–water partition coefficient (Wildman–Crippen LogP) is 2.87. The molecule has 0 bridgehead atoms. The second kappa shape index (κ2) is 8.37. The lowest BCUT2D eigenvalue weighted by Crippen LogP contribution is -2.35. The summed E-state index contributed by atoms with van der Waals surface area (Å²) in [5.74, 6) is 3.12. The number of rotatable bonds is 6. The van der Waals surface area contributed by atoms with Crippen LogP contribution in [-0.2, 0) is 11.3 Å². The fraction of sp³-hybridized carbons (Fsp3) is 0.632. The molecule has 2 aliphatic heterocycles. The van der Waals surface area contributed by atoms with E-state index in [4.69, 9.17) is 4.42 Å². The minimum atomic E-state index is 0.193. The summed E-state index contributed by atoms with van der Waals surface area (Å²) < 4.78 is 7.64. The van der Waals surface area contributed by atoms with E-state index in [0.29, 0.717) is 12.3 Å². The summed E-state index contributed by atoms with van der Waals surface area (Å²) in [5.41, 5.74) is 0. The van der Waals surface area contributed by atoms with Crippen molar-refractivity contribution in [2.24, 2.45) is 5.92 Å². The van der Waals surface area contributed by atoms with Crippen LogP contribution >= 0.6 is 11.8 Å². The number of hydrogen-bond acceptors (Lipinski definition) is 6. The van der Waals surface area contributed by atoms with E-state index in [1.54, 1.807) is 6.26 Å². The van der Waals surface area contributed by atoms with Crippen LogP contribution in [0, 0.1) is 5.92 Å². The summed E-state index contributed by atoms with van der Waals surface area (Å²) in [6, 6.07) is 3.86. The van der Waals surface area contributed by atoms with Gasteiger partial charge in [0.05, 0.1) is 18.6 Å². The normalized spacial score (nSPS) is 18.4. The van der Waals surface area contributed by atoms with Gasteiger partial charge in [-0.15, -0.1) is 10.2 Å². The summed E-state index contributed by atoms with van der Waals surface area (Å²) in [6.45, 7) is 6.65. The number of piperidine rings is 1. The van der Waals surface area contributed by atoms with Crippen molar-refractivity contribution < 1.29 is 9.21 Å². The maximum absolute atomic E-state index is 12.4. The molecule has 2 saturated heterocycles. The number of carbonyl (C=O) groups is 1. The van der Waals surface area contributed by atoms with Gasteiger partial charge < -0.3 is 14.2 Å². The van der Waals surface area contributed by atoms with Crippen LogP contribution in [0.2, 0.25) is 0 Å². The van der Waals surface area contributed by atoms with Crippen molar-refractivity contribution in [1.82, 2.24) is 19.7 Å². The smallest absolute Gasteiger partial charge is 0.233 e. The van der Waals surface area contributed by atoms with Gasteiger partial charge >= 0.3 is 0 Å². The molecule has 2 aromatic rings. The zero-order valence-corrected chi connectivity index (χ0v) is 16.7. The minimum absolute atomic E-state index is 0.193. The number of likely N-dealkylation sites (tertiary alicyclic amines) is 1. The quantitative estimate of drug-likeness (QED) is 0.708. The molecular formula is C19H27N5O2S. The Kier molecular flexibility index (Phi) is 5.71. The molecular weight excluding hydrogens is 362 g/mol. The molecule has 4 rings (SSSR count). The first-order valence-electron chi connectivity index (χ1n) is 9.82. The molecule has 0 N–H and O–H groups in total. The molecule has 146 valence electrons. The Bertz CT molecular complexity index is 746. The van der Waals surface area contributed by atoms with E-state index in [1.807, 2.05) is 17.0 Å². The van der Waals surface area contributed by atoms with E-state index in [2.05, 4.69) is 26.6 Å². The Morgan fingerprint density at radius 1 is 1.22 bits per heavy atom. The van der Waals surface area contributed by atoms with E-state index in [0.717, 1.165) is 61.8 Å². The number of furan rings is 1. The highest BCUT2D eigenvalue weighted by Crippen LogP contribution is 2.27. The molecule has 4 heterocycles. The summed E-state index contributed by atoms with van der Waals surface area (Å²) in [7, 11) is 0. The van der Waals surface area contributed by atoms with Crippen molar-refractivity contribution in [2.45, 2.75) is 44.3 Å². The Balaban J connectivity index is 1.50. The monoisotopic (exact) mass is 389 g/mol. The minimum Gasteiger partial charge on any atom is -0.467 e. The van der Waals surface area contributed by atoms with Crippen LogP contribution in [0.15, 0.2) is 28.0 Å². The number of thioether (sulfide) groups is 1. The Morgan fingerprint density at radius 3 is 2.70 bits per heavy atom. The van der Waals surface area contributed by atoms with Crippen LogP contribution in [0.3, 0.4) is 0 Å². The molecule has 7 nitrogen and oxygen atoms in total. The number of amides is 1. The first kappa shape index (κ1) is 18.4. The summed E-state index contributed by atoms with van der Waals surface area (Å²) in [5, 5.41) is 9.67. The van der Waals surface area contributed by atoms with Crippen molar-refractivity contribution >= 4 is 23.6 Å². The third kappa shape index (κ3) is 4.31. The highest BCUT2D eigenvalue weighted by Gasteiger charge is 2.24. The SMILES string of the molecule is CC1CCN(c2nnc(SCC(=O)N3CCCC3)n2Cc2ccco2)CC1. The topological polar surface area (TPSA) is 67.4 Å². The van der Waals surface area contributed by atoms with Crippen LogP contribution in [0.4, 0.5) is 5.95 Å².